The standard InChI is InChI=1S/C25H26N4O2/c1-16-5-4-6-17(15-16)25-24-20(19-7-2-3-8-21(19)26-24)13-14-29(25)23(31)12-10-18-9-11-22(30)28-27-18/h2-8,15,25-26H,9-14H2,1H3,(H,28,30). The van der Waals surface area contributed by atoms with Crippen LogP contribution in [0, 0.1) is 6.92 Å². The van der Waals surface area contributed by atoms with E-state index in [0.29, 0.717) is 32.2 Å². The number of benzene rings is 2. The molecule has 1 aromatic heterocycles. The maximum absolute atomic E-state index is 13.4. The number of hydrazone groups is 1. The summed E-state index contributed by atoms with van der Waals surface area (Å²) in [5, 5.41) is 5.37. The van der Waals surface area contributed by atoms with Crippen molar-refractivity contribution in [1.82, 2.24) is 15.3 Å². The lowest BCUT2D eigenvalue weighted by Gasteiger charge is -2.36. The van der Waals surface area contributed by atoms with Crippen molar-refractivity contribution in [3.05, 3.63) is 70.9 Å². The molecule has 1 unspecified atom stereocenters. The Hall–Kier alpha value is -3.41. The van der Waals surface area contributed by atoms with Crippen LogP contribution in [0.25, 0.3) is 10.9 Å². The first kappa shape index (κ1) is 19.5. The van der Waals surface area contributed by atoms with Crippen LogP contribution in [0.3, 0.4) is 0 Å². The number of aromatic nitrogens is 1. The second-order valence-electron chi connectivity index (χ2n) is 8.43. The number of nitrogens with zero attached hydrogens (tertiary/aromatic N) is 2. The maximum Gasteiger partial charge on any atom is 0.240 e. The molecule has 0 radical (unpaired) electrons. The topological polar surface area (TPSA) is 77.6 Å². The third kappa shape index (κ3) is 3.74. The Kier molecular flexibility index (Phi) is 5.06. The minimum atomic E-state index is -0.128. The molecule has 6 heteroatoms. The van der Waals surface area contributed by atoms with E-state index in [2.05, 4.69) is 64.9 Å². The molecule has 6 nitrogen and oxygen atoms in total. The highest BCUT2D eigenvalue weighted by Gasteiger charge is 2.34. The molecule has 2 aliphatic rings. The lowest BCUT2D eigenvalue weighted by atomic mass is 9.91. The monoisotopic (exact) mass is 414 g/mol. The fourth-order valence-electron chi connectivity index (χ4n) is 4.78. The van der Waals surface area contributed by atoms with E-state index in [1.807, 2.05) is 11.0 Å². The average molecular weight is 415 g/mol. The first-order chi connectivity index (χ1) is 15.1. The lowest BCUT2D eigenvalue weighted by Crippen LogP contribution is -2.40. The van der Waals surface area contributed by atoms with Gasteiger partial charge in [0, 0.05) is 41.7 Å². The van der Waals surface area contributed by atoms with Crippen molar-refractivity contribution < 1.29 is 9.59 Å². The molecule has 0 spiro atoms. The largest absolute Gasteiger partial charge is 0.356 e. The number of hydrogen-bond acceptors (Lipinski definition) is 3. The molecule has 0 aliphatic carbocycles. The zero-order chi connectivity index (χ0) is 21.4. The van der Waals surface area contributed by atoms with Crippen molar-refractivity contribution in [2.45, 2.75) is 45.1 Å². The number of rotatable bonds is 4. The summed E-state index contributed by atoms with van der Waals surface area (Å²) in [4.78, 5) is 30.3. The van der Waals surface area contributed by atoms with Crippen LogP contribution in [0.1, 0.15) is 54.1 Å². The van der Waals surface area contributed by atoms with Crippen LogP contribution in [0.15, 0.2) is 53.6 Å². The van der Waals surface area contributed by atoms with Crippen LogP contribution in [-0.4, -0.2) is 34.0 Å². The highest BCUT2D eigenvalue weighted by molar-refractivity contribution is 5.94. The highest BCUT2D eigenvalue weighted by Crippen LogP contribution is 2.39. The van der Waals surface area contributed by atoms with Gasteiger partial charge in [-0.15, -0.1) is 0 Å². The number of amides is 2. The van der Waals surface area contributed by atoms with Crippen molar-refractivity contribution >= 4 is 28.4 Å². The molecule has 0 saturated carbocycles. The second-order valence-corrected chi connectivity index (χ2v) is 8.43. The number of aromatic amines is 1. The normalized spacial score (nSPS) is 18.5. The molecule has 2 N–H and O–H groups in total. The summed E-state index contributed by atoms with van der Waals surface area (Å²) in [6.07, 6.45) is 2.89. The summed E-state index contributed by atoms with van der Waals surface area (Å²) in [7, 11) is 0. The molecule has 0 saturated heterocycles. The summed E-state index contributed by atoms with van der Waals surface area (Å²) in [6, 6.07) is 16.7. The summed E-state index contributed by atoms with van der Waals surface area (Å²) in [5.74, 6) is 0.0624. The molecule has 2 aliphatic heterocycles. The van der Waals surface area contributed by atoms with Crippen LogP contribution in [0.4, 0.5) is 0 Å². The number of carbonyl (C=O) groups is 2. The number of para-hydroxylation sites is 1. The summed E-state index contributed by atoms with van der Waals surface area (Å²) < 4.78 is 0. The molecule has 0 bridgehead atoms. The van der Waals surface area contributed by atoms with Gasteiger partial charge < -0.3 is 9.88 Å². The first-order valence-electron chi connectivity index (χ1n) is 10.9. The predicted molar refractivity (Wildman–Crippen MR) is 121 cm³/mol. The van der Waals surface area contributed by atoms with E-state index in [0.717, 1.165) is 28.9 Å². The average Bonchev–Trinajstić information content (AvgIpc) is 3.16. The SMILES string of the molecule is Cc1cccc(C2c3[nH]c4ccccc4c3CCN2C(=O)CCC2=NNC(=O)CC2)c1. The zero-order valence-electron chi connectivity index (χ0n) is 17.6. The van der Waals surface area contributed by atoms with E-state index in [1.165, 1.54) is 16.5 Å². The second kappa shape index (κ2) is 8.02. The molecule has 158 valence electrons. The van der Waals surface area contributed by atoms with E-state index in [4.69, 9.17) is 0 Å². The summed E-state index contributed by atoms with van der Waals surface area (Å²) in [6.45, 7) is 2.77. The minimum absolute atomic E-state index is 0.0584. The van der Waals surface area contributed by atoms with Crippen LogP contribution in [0.5, 0.6) is 0 Å². The van der Waals surface area contributed by atoms with Crippen molar-refractivity contribution in [3.8, 4) is 0 Å². The summed E-state index contributed by atoms with van der Waals surface area (Å²) >= 11 is 0. The molecule has 2 aromatic carbocycles. The molecule has 31 heavy (non-hydrogen) atoms. The number of H-pyrrole nitrogens is 1. The van der Waals surface area contributed by atoms with Gasteiger partial charge in [-0.05, 0) is 43.4 Å². The predicted octanol–water partition coefficient (Wildman–Crippen LogP) is 4.00. The van der Waals surface area contributed by atoms with Gasteiger partial charge in [0.1, 0.15) is 0 Å². The van der Waals surface area contributed by atoms with E-state index >= 15 is 0 Å². The smallest absolute Gasteiger partial charge is 0.240 e. The Morgan fingerprint density at radius 2 is 2.00 bits per heavy atom. The van der Waals surface area contributed by atoms with E-state index < -0.39 is 0 Å². The van der Waals surface area contributed by atoms with Crippen LogP contribution in [-0.2, 0) is 16.0 Å². The van der Waals surface area contributed by atoms with E-state index in [1.54, 1.807) is 0 Å². The third-order valence-electron chi connectivity index (χ3n) is 6.32. The quantitative estimate of drug-likeness (QED) is 0.677. The van der Waals surface area contributed by atoms with Crippen molar-refractivity contribution in [1.29, 1.82) is 0 Å². The third-order valence-corrected chi connectivity index (χ3v) is 6.32. The molecule has 3 heterocycles. The van der Waals surface area contributed by atoms with Crippen LogP contribution >= 0.6 is 0 Å². The molecule has 3 aromatic rings. The Bertz CT molecular complexity index is 1190. The Morgan fingerprint density at radius 1 is 1.13 bits per heavy atom. The summed E-state index contributed by atoms with van der Waals surface area (Å²) in [5.41, 5.74) is 9.27. The number of hydrogen-bond donors (Lipinski definition) is 2. The highest BCUT2D eigenvalue weighted by atomic mass is 16.2. The number of aryl methyl sites for hydroxylation is 1. The van der Waals surface area contributed by atoms with Crippen molar-refractivity contribution in [3.63, 3.8) is 0 Å². The lowest BCUT2D eigenvalue weighted by molar-refractivity contribution is -0.133. The van der Waals surface area contributed by atoms with Crippen LogP contribution in [0.2, 0.25) is 0 Å². The maximum atomic E-state index is 13.4. The van der Waals surface area contributed by atoms with Gasteiger partial charge in [0.05, 0.1) is 6.04 Å². The van der Waals surface area contributed by atoms with Crippen molar-refractivity contribution in [2.24, 2.45) is 5.10 Å². The molecule has 2 amide bonds. The van der Waals surface area contributed by atoms with Gasteiger partial charge in [-0.25, -0.2) is 5.43 Å². The number of fused-ring (bicyclic) bond motifs is 3. The van der Waals surface area contributed by atoms with Gasteiger partial charge in [0.15, 0.2) is 0 Å². The molecular formula is C25H26N4O2. The number of nitrogens with one attached hydrogen (secondary N) is 2. The molecule has 5 rings (SSSR count). The molecule has 1 atom stereocenters. The van der Waals surface area contributed by atoms with E-state index in [9.17, 15) is 9.59 Å². The number of carbonyl (C=O) groups excluding carboxylic acids is 2. The minimum Gasteiger partial charge on any atom is -0.356 e. The Balaban J connectivity index is 1.47. The zero-order valence-corrected chi connectivity index (χ0v) is 17.6. The molecule has 0 fully saturated rings. The van der Waals surface area contributed by atoms with Crippen molar-refractivity contribution in [2.75, 3.05) is 6.54 Å². The molecular weight excluding hydrogens is 388 g/mol. The Morgan fingerprint density at radius 3 is 2.81 bits per heavy atom. The fraction of sp³-hybridized carbons (Fsp3) is 0.320. The Labute approximate surface area is 181 Å². The van der Waals surface area contributed by atoms with E-state index in [-0.39, 0.29) is 17.9 Å². The van der Waals surface area contributed by atoms with Gasteiger partial charge in [-0.2, -0.15) is 5.10 Å². The fourth-order valence-corrected chi connectivity index (χ4v) is 4.78. The van der Waals surface area contributed by atoms with Gasteiger partial charge >= 0.3 is 0 Å². The van der Waals surface area contributed by atoms with Crippen LogP contribution < -0.4 is 5.43 Å². The first-order valence-corrected chi connectivity index (χ1v) is 10.9. The van der Waals surface area contributed by atoms with Gasteiger partial charge in [-0.1, -0.05) is 48.0 Å². The van der Waals surface area contributed by atoms with Gasteiger partial charge in [-0.3, -0.25) is 9.59 Å². The van der Waals surface area contributed by atoms with Gasteiger partial charge in [0.25, 0.3) is 0 Å². The van der Waals surface area contributed by atoms with Gasteiger partial charge in [0.2, 0.25) is 11.8 Å².